The SMILES string of the molecule is CC1S[C@@H]2C(NC(=O)Cc3cccc(Cl)c3)C(=O)N2C=C1C(=O)O. The van der Waals surface area contributed by atoms with E-state index in [1.165, 1.54) is 22.9 Å². The topological polar surface area (TPSA) is 86.7 Å². The molecule has 1 fully saturated rings. The molecule has 1 aromatic rings. The second-order valence-corrected chi connectivity index (χ2v) is 7.55. The van der Waals surface area contributed by atoms with E-state index in [4.69, 9.17) is 16.7 Å². The van der Waals surface area contributed by atoms with Crippen molar-refractivity contribution < 1.29 is 19.5 Å². The van der Waals surface area contributed by atoms with Crippen molar-refractivity contribution >= 4 is 41.1 Å². The molecule has 2 heterocycles. The van der Waals surface area contributed by atoms with E-state index in [1.807, 2.05) is 0 Å². The third-order valence-electron chi connectivity index (χ3n) is 3.96. The second kappa shape index (κ2) is 6.49. The Morgan fingerprint density at radius 2 is 2.17 bits per heavy atom. The van der Waals surface area contributed by atoms with Gasteiger partial charge in [-0.25, -0.2) is 4.79 Å². The molecule has 8 heteroatoms. The quantitative estimate of drug-likeness (QED) is 0.791. The van der Waals surface area contributed by atoms with E-state index in [-0.39, 0.29) is 34.4 Å². The minimum Gasteiger partial charge on any atom is -0.478 e. The number of carboxylic acids is 1. The van der Waals surface area contributed by atoms with Crippen molar-refractivity contribution in [1.29, 1.82) is 0 Å². The maximum atomic E-state index is 12.2. The van der Waals surface area contributed by atoms with Crippen LogP contribution in [-0.2, 0) is 20.8 Å². The van der Waals surface area contributed by atoms with Gasteiger partial charge < -0.3 is 15.3 Å². The summed E-state index contributed by atoms with van der Waals surface area (Å²) in [5.74, 6) is -1.59. The molecule has 0 saturated carbocycles. The van der Waals surface area contributed by atoms with Gasteiger partial charge in [-0.2, -0.15) is 0 Å². The van der Waals surface area contributed by atoms with Crippen LogP contribution in [0.2, 0.25) is 5.02 Å². The first kappa shape index (κ1) is 16.9. The Morgan fingerprint density at radius 1 is 1.42 bits per heavy atom. The molecule has 2 aliphatic heterocycles. The van der Waals surface area contributed by atoms with Gasteiger partial charge in [0.15, 0.2) is 0 Å². The van der Waals surface area contributed by atoms with Crippen molar-refractivity contribution in [3.05, 3.63) is 46.6 Å². The van der Waals surface area contributed by atoms with Crippen LogP contribution in [0.1, 0.15) is 12.5 Å². The van der Waals surface area contributed by atoms with Crippen molar-refractivity contribution in [1.82, 2.24) is 10.2 Å². The highest BCUT2D eigenvalue weighted by molar-refractivity contribution is 8.00. The summed E-state index contributed by atoms with van der Waals surface area (Å²) < 4.78 is 0. The fourth-order valence-electron chi connectivity index (χ4n) is 2.72. The zero-order chi connectivity index (χ0) is 17.4. The highest BCUT2D eigenvalue weighted by Crippen LogP contribution is 2.40. The second-order valence-electron chi connectivity index (χ2n) is 5.66. The van der Waals surface area contributed by atoms with Crippen LogP contribution in [0.3, 0.4) is 0 Å². The Kier molecular flexibility index (Phi) is 4.56. The molecule has 0 spiro atoms. The molecule has 0 aromatic heterocycles. The number of carboxylic acid groups (broad SMARTS) is 1. The first-order valence-electron chi connectivity index (χ1n) is 7.33. The number of fused-ring (bicyclic) bond motifs is 1. The third-order valence-corrected chi connectivity index (χ3v) is 5.63. The molecule has 3 atom stereocenters. The van der Waals surface area contributed by atoms with Gasteiger partial charge in [0.25, 0.3) is 5.91 Å². The van der Waals surface area contributed by atoms with Gasteiger partial charge in [0.1, 0.15) is 11.4 Å². The molecule has 1 aromatic carbocycles. The summed E-state index contributed by atoms with van der Waals surface area (Å²) in [6.45, 7) is 1.77. The number of benzene rings is 1. The van der Waals surface area contributed by atoms with E-state index in [0.717, 1.165) is 5.56 Å². The Bertz CT molecular complexity index is 751. The van der Waals surface area contributed by atoms with Crippen LogP contribution >= 0.6 is 23.4 Å². The number of nitrogens with zero attached hydrogens (tertiary/aromatic N) is 1. The number of thioether (sulfide) groups is 1. The van der Waals surface area contributed by atoms with Gasteiger partial charge in [-0.3, -0.25) is 9.59 Å². The van der Waals surface area contributed by atoms with Crippen LogP contribution in [0.15, 0.2) is 36.0 Å². The summed E-state index contributed by atoms with van der Waals surface area (Å²) >= 11 is 7.25. The number of carbonyl (C=O) groups excluding carboxylic acids is 2. The highest BCUT2D eigenvalue weighted by Gasteiger charge is 2.51. The summed E-state index contributed by atoms with van der Waals surface area (Å²) in [6.07, 6.45) is 1.50. The molecule has 0 bridgehead atoms. The summed E-state index contributed by atoms with van der Waals surface area (Å²) in [6, 6.07) is 6.35. The average molecular weight is 367 g/mol. The maximum absolute atomic E-state index is 12.2. The zero-order valence-corrected chi connectivity index (χ0v) is 14.3. The molecule has 3 rings (SSSR count). The summed E-state index contributed by atoms with van der Waals surface area (Å²) in [4.78, 5) is 36.8. The number of nitrogens with one attached hydrogen (secondary N) is 1. The minimum absolute atomic E-state index is 0.132. The van der Waals surface area contributed by atoms with Crippen molar-refractivity contribution in [3.8, 4) is 0 Å². The van der Waals surface area contributed by atoms with Crippen LogP contribution in [0.25, 0.3) is 0 Å². The van der Waals surface area contributed by atoms with Gasteiger partial charge in [0.05, 0.1) is 12.0 Å². The number of carbonyl (C=O) groups is 3. The fourth-order valence-corrected chi connectivity index (χ4v) is 4.30. The first-order valence-corrected chi connectivity index (χ1v) is 8.65. The molecular formula is C16H15ClN2O4S. The lowest BCUT2D eigenvalue weighted by atomic mass is 10.0. The van der Waals surface area contributed by atoms with E-state index in [0.29, 0.717) is 5.02 Å². The predicted octanol–water partition coefficient (Wildman–Crippen LogP) is 1.64. The minimum atomic E-state index is -1.03. The Morgan fingerprint density at radius 3 is 2.83 bits per heavy atom. The third kappa shape index (κ3) is 3.14. The van der Waals surface area contributed by atoms with Crippen LogP contribution in [0, 0.1) is 0 Å². The van der Waals surface area contributed by atoms with E-state index in [9.17, 15) is 14.4 Å². The van der Waals surface area contributed by atoms with E-state index in [2.05, 4.69) is 5.32 Å². The standard InChI is InChI=1S/C16H15ClN2O4S/c1-8-11(16(22)23)7-19-14(21)13(15(19)24-8)18-12(20)6-9-3-2-4-10(17)5-9/h2-5,7-8,13,15H,6H2,1H3,(H,18,20)(H,22,23)/t8?,13?,15-/m1/s1. The van der Waals surface area contributed by atoms with Crippen LogP contribution in [0.5, 0.6) is 0 Å². The van der Waals surface area contributed by atoms with Crippen LogP contribution in [0.4, 0.5) is 0 Å². The number of aliphatic carboxylic acids is 1. The van der Waals surface area contributed by atoms with Crippen molar-refractivity contribution in [2.24, 2.45) is 0 Å². The van der Waals surface area contributed by atoms with Crippen molar-refractivity contribution in [3.63, 3.8) is 0 Å². The molecule has 24 heavy (non-hydrogen) atoms. The molecule has 126 valence electrons. The van der Waals surface area contributed by atoms with Gasteiger partial charge in [-0.05, 0) is 24.6 Å². The predicted molar refractivity (Wildman–Crippen MR) is 90.5 cm³/mol. The average Bonchev–Trinajstić information content (AvgIpc) is 2.52. The largest absolute Gasteiger partial charge is 0.478 e. The Balaban J connectivity index is 1.64. The number of hydrogen-bond donors (Lipinski definition) is 2. The van der Waals surface area contributed by atoms with E-state index in [1.54, 1.807) is 31.2 Å². The monoisotopic (exact) mass is 366 g/mol. The molecule has 0 aliphatic carbocycles. The molecule has 2 N–H and O–H groups in total. The number of halogens is 1. The normalized spacial score (nSPS) is 25.4. The summed E-state index contributed by atoms with van der Waals surface area (Å²) in [7, 11) is 0. The maximum Gasteiger partial charge on any atom is 0.334 e. The molecular weight excluding hydrogens is 352 g/mol. The lowest BCUT2D eigenvalue weighted by Gasteiger charge is -2.48. The van der Waals surface area contributed by atoms with Gasteiger partial charge in [0.2, 0.25) is 5.91 Å². The zero-order valence-electron chi connectivity index (χ0n) is 12.7. The van der Waals surface area contributed by atoms with Crippen LogP contribution in [-0.4, -0.2) is 44.5 Å². The summed E-state index contributed by atoms with van der Waals surface area (Å²) in [5, 5.41) is 11.9. The molecule has 0 radical (unpaired) electrons. The first-order chi connectivity index (χ1) is 11.4. The molecule has 2 aliphatic rings. The van der Waals surface area contributed by atoms with Gasteiger partial charge >= 0.3 is 5.97 Å². The van der Waals surface area contributed by atoms with Crippen LogP contribution < -0.4 is 5.32 Å². The molecule has 2 amide bonds. The molecule has 2 unspecified atom stereocenters. The smallest absolute Gasteiger partial charge is 0.334 e. The summed E-state index contributed by atoms with van der Waals surface area (Å²) in [5.41, 5.74) is 0.953. The van der Waals surface area contributed by atoms with Gasteiger partial charge in [0, 0.05) is 16.5 Å². The Labute approximate surface area is 147 Å². The molecule has 1 saturated heterocycles. The van der Waals surface area contributed by atoms with E-state index < -0.39 is 12.0 Å². The highest BCUT2D eigenvalue weighted by atomic mass is 35.5. The number of β-lactam (4-membered cyclic amide) rings is 1. The Hall–Kier alpha value is -1.99. The molecule has 6 nitrogen and oxygen atoms in total. The lowest BCUT2D eigenvalue weighted by molar-refractivity contribution is -0.145. The van der Waals surface area contributed by atoms with Gasteiger partial charge in [-0.15, -0.1) is 11.8 Å². The van der Waals surface area contributed by atoms with E-state index >= 15 is 0 Å². The number of hydrogen-bond acceptors (Lipinski definition) is 4. The number of amides is 2. The number of rotatable bonds is 4. The van der Waals surface area contributed by atoms with Gasteiger partial charge in [-0.1, -0.05) is 23.7 Å². The van der Waals surface area contributed by atoms with Crippen molar-refractivity contribution in [2.45, 2.75) is 30.0 Å². The lowest BCUT2D eigenvalue weighted by Crippen LogP contribution is -2.69. The fraction of sp³-hybridized carbons (Fsp3) is 0.312. The van der Waals surface area contributed by atoms with Crippen molar-refractivity contribution in [2.75, 3.05) is 0 Å².